The molecule has 0 aliphatic carbocycles. The Kier molecular flexibility index (Phi) is 3.64. The van der Waals surface area contributed by atoms with E-state index in [9.17, 15) is 0 Å². The maximum absolute atomic E-state index is 5.87. The number of allylic oxidation sites excluding steroid dienone is 1. The summed E-state index contributed by atoms with van der Waals surface area (Å²) in [6.07, 6.45) is 3.89. The van der Waals surface area contributed by atoms with E-state index in [1.807, 2.05) is 46.8 Å². The van der Waals surface area contributed by atoms with Crippen LogP contribution in [-0.4, -0.2) is 31.4 Å². The zero-order valence-electron chi connectivity index (χ0n) is 10.5. The Morgan fingerprint density at radius 3 is 1.93 bits per heavy atom. The summed E-state index contributed by atoms with van der Waals surface area (Å²) in [6.45, 7) is 10.1. The van der Waals surface area contributed by atoms with Crippen molar-refractivity contribution in [1.29, 1.82) is 0 Å². The summed E-state index contributed by atoms with van der Waals surface area (Å²) in [5.41, 5.74) is -0.591. The highest BCUT2D eigenvalue weighted by molar-refractivity contribution is 6.47. The SMILES string of the molecule is C/C=C/[C@H](OC)B1OC(C)(C)C(C)(C)O1. The van der Waals surface area contributed by atoms with Gasteiger partial charge in [-0.15, -0.1) is 0 Å². The molecule has 0 radical (unpaired) electrons. The molecule has 1 saturated heterocycles. The summed E-state index contributed by atoms with van der Waals surface area (Å²) in [6, 6.07) is -0.143. The molecule has 0 bridgehead atoms. The van der Waals surface area contributed by atoms with E-state index in [2.05, 4.69) is 0 Å². The van der Waals surface area contributed by atoms with Crippen molar-refractivity contribution in [3.63, 3.8) is 0 Å². The molecule has 1 heterocycles. The Morgan fingerprint density at radius 2 is 1.60 bits per heavy atom. The van der Waals surface area contributed by atoms with Crippen LogP contribution in [-0.2, 0) is 14.0 Å². The fourth-order valence-corrected chi connectivity index (χ4v) is 1.49. The molecule has 4 heteroatoms. The smallest absolute Gasteiger partial charge is 0.401 e. The molecule has 0 spiro atoms. The first kappa shape index (κ1) is 12.8. The molecule has 0 saturated carbocycles. The minimum Gasteiger partial charge on any atom is -0.401 e. The molecule has 0 unspecified atom stereocenters. The van der Waals surface area contributed by atoms with Crippen LogP contribution >= 0.6 is 0 Å². The van der Waals surface area contributed by atoms with Crippen molar-refractivity contribution in [2.45, 2.75) is 51.8 Å². The van der Waals surface area contributed by atoms with Crippen LogP contribution in [0.4, 0.5) is 0 Å². The molecule has 3 nitrogen and oxygen atoms in total. The summed E-state index contributed by atoms with van der Waals surface area (Å²) >= 11 is 0. The molecule has 0 aromatic carbocycles. The summed E-state index contributed by atoms with van der Waals surface area (Å²) < 4.78 is 17.1. The van der Waals surface area contributed by atoms with Gasteiger partial charge in [-0.1, -0.05) is 12.2 Å². The molecule has 0 N–H and O–H groups in total. The molecular formula is C11H21BO3. The van der Waals surface area contributed by atoms with Gasteiger partial charge < -0.3 is 14.0 Å². The lowest BCUT2D eigenvalue weighted by Crippen LogP contribution is -2.41. The van der Waals surface area contributed by atoms with E-state index in [1.165, 1.54) is 0 Å². The van der Waals surface area contributed by atoms with Crippen molar-refractivity contribution in [3.05, 3.63) is 12.2 Å². The highest BCUT2D eigenvalue weighted by Gasteiger charge is 2.53. The largest absolute Gasteiger partial charge is 0.493 e. The van der Waals surface area contributed by atoms with Crippen molar-refractivity contribution in [2.75, 3.05) is 7.11 Å². The first-order chi connectivity index (χ1) is 6.84. The summed E-state index contributed by atoms with van der Waals surface area (Å²) in [4.78, 5) is 0. The van der Waals surface area contributed by atoms with E-state index in [0.29, 0.717) is 0 Å². The van der Waals surface area contributed by atoms with Crippen LogP contribution in [0.3, 0.4) is 0 Å². The molecule has 0 aromatic rings. The molecular weight excluding hydrogens is 191 g/mol. The van der Waals surface area contributed by atoms with Gasteiger partial charge >= 0.3 is 7.12 Å². The third-order valence-electron chi connectivity index (χ3n) is 3.19. The van der Waals surface area contributed by atoms with Gasteiger partial charge in [-0.05, 0) is 34.6 Å². The Balaban J connectivity index is 2.77. The molecule has 0 amide bonds. The van der Waals surface area contributed by atoms with E-state index in [-0.39, 0.29) is 24.3 Å². The van der Waals surface area contributed by atoms with Crippen LogP contribution in [0, 0.1) is 0 Å². The standard InChI is InChI=1S/C11H21BO3/c1-7-8-9(13-6)12-14-10(2,3)11(4,5)15-12/h7-9H,1-6H3/b8-7+/t9-/m0/s1. The van der Waals surface area contributed by atoms with Gasteiger partial charge in [0.05, 0.1) is 11.2 Å². The molecule has 1 rings (SSSR count). The molecule has 15 heavy (non-hydrogen) atoms. The van der Waals surface area contributed by atoms with Gasteiger partial charge in [-0.2, -0.15) is 0 Å². The van der Waals surface area contributed by atoms with E-state index in [0.717, 1.165) is 0 Å². The highest BCUT2D eigenvalue weighted by Crippen LogP contribution is 2.37. The van der Waals surface area contributed by atoms with E-state index >= 15 is 0 Å². The van der Waals surface area contributed by atoms with Gasteiger partial charge in [0, 0.05) is 7.11 Å². The maximum atomic E-state index is 5.87. The van der Waals surface area contributed by atoms with Gasteiger partial charge in [0.25, 0.3) is 0 Å². The second kappa shape index (κ2) is 4.28. The van der Waals surface area contributed by atoms with Crippen LogP contribution in [0.5, 0.6) is 0 Å². The predicted molar refractivity (Wildman–Crippen MR) is 61.7 cm³/mol. The van der Waals surface area contributed by atoms with Crippen molar-refractivity contribution in [2.24, 2.45) is 0 Å². The van der Waals surface area contributed by atoms with Crippen molar-refractivity contribution in [1.82, 2.24) is 0 Å². The minimum absolute atomic E-state index is 0.143. The van der Waals surface area contributed by atoms with Gasteiger partial charge in [-0.3, -0.25) is 0 Å². The number of hydrogen-bond donors (Lipinski definition) is 0. The second-order valence-corrected chi connectivity index (χ2v) is 4.85. The van der Waals surface area contributed by atoms with Gasteiger partial charge in [0.1, 0.15) is 6.00 Å². The van der Waals surface area contributed by atoms with Gasteiger partial charge in [-0.25, -0.2) is 0 Å². The van der Waals surface area contributed by atoms with Crippen LogP contribution in [0.25, 0.3) is 0 Å². The van der Waals surface area contributed by atoms with Gasteiger partial charge in [0.15, 0.2) is 0 Å². The van der Waals surface area contributed by atoms with Crippen LogP contribution in [0.1, 0.15) is 34.6 Å². The zero-order valence-corrected chi connectivity index (χ0v) is 10.5. The lowest BCUT2D eigenvalue weighted by atomic mass is 9.80. The van der Waals surface area contributed by atoms with Crippen LogP contribution in [0.2, 0.25) is 0 Å². The topological polar surface area (TPSA) is 27.7 Å². The zero-order chi connectivity index (χ0) is 11.7. The van der Waals surface area contributed by atoms with E-state index in [4.69, 9.17) is 14.0 Å². The number of hydrogen-bond acceptors (Lipinski definition) is 3. The number of methoxy groups -OCH3 is 1. The lowest BCUT2D eigenvalue weighted by molar-refractivity contribution is 0.00578. The highest BCUT2D eigenvalue weighted by atomic mass is 16.7. The normalized spacial score (nSPS) is 26.1. The Labute approximate surface area is 92.9 Å². The van der Waals surface area contributed by atoms with Crippen molar-refractivity contribution in [3.8, 4) is 0 Å². The second-order valence-electron chi connectivity index (χ2n) is 4.85. The first-order valence-corrected chi connectivity index (χ1v) is 5.35. The fraction of sp³-hybridized carbons (Fsp3) is 0.818. The monoisotopic (exact) mass is 212 g/mol. The Morgan fingerprint density at radius 1 is 1.13 bits per heavy atom. The Hall–Kier alpha value is -0.315. The quantitative estimate of drug-likeness (QED) is 0.530. The van der Waals surface area contributed by atoms with Crippen molar-refractivity contribution < 1.29 is 14.0 Å². The summed E-state index contributed by atoms with van der Waals surface area (Å²) in [5, 5.41) is 0. The van der Waals surface area contributed by atoms with E-state index in [1.54, 1.807) is 7.11 Å². The summed E-state index contributed by atoms with van der Waals surface area (Å²) in [7, 11) is 1.34. The summed E-state index contributed by atoms with van der Waals surface area (Å²) in [5.74, 6) is 0. The molecule has 0 aromatic heterocycles. The fourth-order valence-electron chi connectivity index (χ4n) is 1.49. The molecule has 1 atom stereocenters. The van der Waals surface area contributed by atoms with Crippen LogP contribution < -0.4 is 0 Å². The molecule has 86 valence electrons. The molecule has 1 aliphatic heterocycles. The molecule has 1 fully saturated rings. The van der Waals surface area contributed by atoms with Gasteiger partial charge in [0.2, 0.25) is 0 Å². The minimum atomic E-state index is -0.323. The third kappa shape index (κ3) is 2.44. The molecule has 1 aliphatic rings. The average Bonchev–Trinajstić information content (AvgIpc) is 2.32. The number of rotatable bonds is 3. The van der Waals surface area contributed by atoms with Crippen LogP contribution in [0.15, 0.2) is 12.2 Å². The predicted octanol–water partition coefficient (Wildman–Crippen LogP) is 2.21. The first-order valence-electron chi connectivity index (χ1n) is 5.35. The third-order valence-corrected chi connectivity index (χ3v) is 3.19. The Bertz CT molecular complexity index is 232. The average molecular weight is 212 g/mol. The van der Waals surface area contributed by atoms with Crippen molar-refractivity contribution >= 4 is 7.12 Å². The van der Waals surface area contributed by atoms with E-state index < -0.39 is 0 Å². The lowest BCUT2D eigenvalue weighted by Gasteiger charge is -2.32. The maximum Gasteiger partial charge on any atom is 0.493 e. The number of ether oxygens (including phenoxy) is 1.